The molecule has 2 aromatic carbocycles. The summed E-state index contributed by atoms with van der Waals surface area (Å²) in [6.45, 7) is 0. The number of hydrogen-bond acceptors (Lipinski definition) is 5. The highest BCUT2D eigenvalue weighted by Gasteiger charge is 2.13. The maximum atomic E-state index is 12.3. The molecule has 4 aromatic rings. The standard InChI is InChI=1S/C20H12BrN3O4/c21-14-5-6-17-12(8-14)9-15(20(27)28-17)19(26)24-22-10-13-7-11-3-1-2-4-16(11)23-18(13)25/h1-10H,(H,23,25)(H,24,26)/b22-10+. The minimum absolute atomic E-state index is 0.185. The first kappa shape index (κ1) is 17.9. The highest BCUT2D eigenvalue weighted by molar-refractivity contribution is 9.10. The fourth-order valence-corrected chi connectivity index (χ4v) is 3.11. The molecular formula is C20H12BrN3O4. The number of benzene rings is 2. The Morgan fingerprint density at radius 3 is 2.75 bits per heavy atom. The molecule has 0 unspecified atom stereocenters. The molecule has 138 valence electrons. The first-order valence-corrected chi connectivity index (χ1v) is 8.99. The van der Waals surface area contributed by atoms with Crippen LogP contribution in [0, 0.1) is 0 Å². The summed E-state index contributed by atoms with van der Waals surface area (Å²) < 4.78 is 5.94. The Morgan fingerprint density at radius 2 is 1.89 bits per heavy atom. The number of aromatic nitrogens is 1. The Balaban J connectivity index is 1.60. The first-order chi connectivity index (χ1) is 13.5. The van der Waals surface area contributed by atoms with Crippen molar-refractivity contribution in [3.05, 3.63) is 91.0 Å². The number of H-pyrrole nitrogens is 1. The lowest BCUT2D eigenvalue weighted by Crippen LogP contribution is -2.24. The number of aromatic amines is 1. The maximum absolute atomic E-state index is 12.3. The molecule has 28 heavy (non-hydrogen) atoms. The molecule has 0 saturated carbocycles. The van der Waals surface area contributed by atoms with Gasteiger partial charge >= 0.3 is 5.63 Å². The largest absolute Gasteiger partial charge is 0.422 e. The summed E-state index contributed by atoms with van der Waals surface area (Å²) in [7, 11) is 0. The maximum Gasteiger partial charge on any atom is 0.349 e. The third-order valence-electron chi connectivity index (χ3n) is 4.09. The molecule has 0 spiro atoms. The van der Waals surface area contributed by atoms with Crippen molar-refractivity contribution in [2.24, 2.45) is 5.10 Å². The predicted octanol–water partition coefficient (Wildman–Crippen LogP) is 3.16. The molecular weight excluding hydrogens is 426 g/mol. The molecule has 0 saturated heterocycles. The van der Waals surface area contributed by atoms with Crippen LogP contribution in [0.4, 0.5) is 0 Å². The van der Waals surface area contributed by atoms with E-state index in [1.165, 1.54) is 12.3 Å². The molecule has 0 radical (unpaired) electrons. The normalized spacial score (nSPS) is 11.3. The average Bonchev–Trinajstić information content (AvgIpc) is 2.68. The lowest BCUT2D eigenvalue weighted by molar-refractivity contribution is 0.0951. The zero-order chi connectivity index (χ0) is 19.7. The minimum Gasteiger partial charge on any atom is -0.422 e. The summed E-state index contributed by atoms with van der Waals surface area (Å²) in [4.78, 5) is 39.2. The Bertz CT molecular complexity index is 1370. The van der Waals surface area contributed by atoms with Crippen molar-refractivity contribution in [1.29, 1.82) is 0 Å². The molecule has 8 heteroatoms. The van der Waals surface area contributed by atoms with Gasteiger partial charge in [0.25, 0.3) is 11.5 Å². The van der Waals surface area contributed by atoms with E-state index in [-0.39, 0.29) is 16.7 Å². The number of amides is 1. The fraction of sp³-hybridized carbons (Fsp3) is 0. The zero-order valence-corrected chi connectivity index (χ0v) is 15.8. The van der Waals surface area contributed by atoms with Gasteiger partial charge in [-0.3, -0.25) is 9.59 Å². The quantitative estimate of drug-likeness (QED) is 0.291. The molecule has 2 N–H and O–H groups in total. The van der Waals surface area contributed by atoms with Crippen molar-refractivity contribution in [1.82, 2.24) is 10.4 Å². The van der Waals surface area contributed by atoms with E-state index in [4.69, 9.17) is 4.42 Å². The summed E-state index contributed by atoms with van der Waals surface area (Å²) in [6.07, 6.45) is 1.22. The smallest absolute Gasteiger partial charge is 0.349 e. The Labute approximate surface area is 165 Å². The van der Waals surface area contributed by atoms with E-state index < -0.39 is 11.5 Å². The molecule has 2 aromatic heterocycles. The molecule has 0 fully saturated rings. The van der Waals surface area contributed by atoms with Crippen molar-refractivity contribution in [3.8, 4) is 0 Å². The summed E-state index contributed by atoms with van der Waals surface area (Å²) in [5.74, 6) is -0.732. The highest BCUT2D eigenvalue weighted by atomic mass is 79.9. The molecule has 0 bridgehead atoms. The van der Waals surface area contributed by atoms with Gasteiger partial charge in [0.15, 0.2) is 0 Å². The topological polar surface area (TPSA) is 105 Å². The van der Waals surface area contributed by atoms with Gasteiger partial charge in [-0.15, -0.1) is 0 Å². The van der Waals surface area contributed by atoms with E-state index in [0.717, 1.165) is 9.86 Å². The van der Waals surface area contributed by atoms with Gasteiger partial charge in [0.2, 0.25) is 0 Å². The summed E-state index contributed by atoms with van der Waals surface area (Å²) in [5, 5.41) is 5.21. The monoisotopic (exact) mass is 437 g/mol. The second-order valence-electron chi connectivity index (χ2n) is 5.97. The number of para-hydroxylation sites is 1. The first-order valence-electron chi connectivity index (χ1n) is 8.20. The van der Waals surface area contributed by atoms with Crippen molar-refractivity contribution in [2.45, 2.75) is 0 Å². The van der Waals surface area contributed by atoms with Crippen molar-refractivity contribution in [2.75, 3.05) is 0 Å². The van der Waals surface area contributed by atoms with E-state index >= 15 is 0 Å². The van der Waals surface area contributed by atoms with Crippen LogP contribution in [0.15, 0.2) is 78.2 Å². The van der Waals surface area contributed by atoms with Gasteiger partial charge in [0, 0.05) is 15.4 Å². The van der Waals surface area contributed by atoms with E-state index in [2.05, 4.69) is 31.4 Å². The number of pyridine rings is 1. The number of halogens is 1. The molecule has 0 aliphatic heterocycles. The Kier molecular flexibility index (Phi) is 4.62. The Morgan fingerprint density at radius 1 is 1.07 bits per heavy atom. The average molecular weight is 438 g/mol. The number of nitrogens with zero attached hydrogens (tertiary/aromatic N) is 1. The van der Waals surface area contributed by atoms with Crippen LogP contribution >= 0.6 is 15.9 Å². The minimum atomic E-state index is -0.772. The van der Waals surface area contributed by atoms with Crippen LogP contribution in [0.5, 0.6) is 0 Å². The lowest BCUT2D eigenvalue weighted by atomic mass is 10.2. The third kappa shape index (κ3) is 3.49. The van der Waals surface area contributed by atoms with Crippen LogP contribution in [-0.2, 0) is 0 Å². The third-order valence-corrected chi connectivity index (χ3v) is 4.58. The van der Waals surface area contributed by atoms with Crippen molar-refractivity contribution >= 4 is 49.9 Å². The van der Waals surface area contributed by atoms with Gasteiger partial charge in [-0.05, 0) is 41.8 Å². The summed E-state index contributed by atoms with van der Waals surface area (Å²) >= 11 is 3.33. The number of carbonyl (C=O) groups is 1. The Hall–Kier alpha value is -3.52. The number of carbonyl (C=O) groups excluding carboxylic acids is 1. The van der Waals surface area contributed by atoms with E-state index in [9.17, 15) is 14.4 Å². The van der Waals surface area contributed by atoms with Gasteiger partial charge in [-0.2, -0.15) is 5.10 Å². The van der Waals surface area contributed by atoms with Crippen molar-refractivity contribution in [3.63, 3.8) is 0 Å². The van der Waals surface area contributed by atoms with Crippen LogP contribution in [0.1, 0.15) is 15.9 Å². The highest BCUT2D eigenvalue weighted by Crippen LogP contribution is 2.19. The molecule has 1 amide bonds. The molecule has 7 nitrogen and oxygen atoms in total. The van der Waals surface area contributed by atoms with Crippen LogP contribution in [0.25, 0.3) is 21.9 Å². The lowest BCUT2D eigenvalue weighted by Gasteiger charge is -2.02. The van der Waals surface area contributed by atoms with Gasteiger partial charge < -0.3 is 9.40 Å². The van der Waals surface area contributed by atoms with Crippen LogP contribution < -0.4 is 16.6 Å². The van der Waals surface area contributed by atoms with E-state index in [0.29, 0.717) is 16.5 Å². The molecule has 0 aliphatic rings. The number of fused-ring (bicyclic) bond motifs is 2. The molecule has 4 rings (SSSR count). The number of nitrogens with one attached hydrogen (secondary N) is 2. The molecule has 0 atom stereocenters. The van der Waals surface area contributed by atoms with Gasteiger partial charge in [0.1, 0.15) is 11.1 Å². The number of hydrazone groups is 1. The summed E-state index contributed by atoms with van der Waals surface area (Å²) in [6, 6.07) is 15.5. The SMILES string of the molecule is O=C(N/N=C/c1cc2ccccc2[nH]c1=O)c1cc2cc(Br)ccc2oc1=O. The molecule has 2 heterocycles. The fourth-order valence-electron chi connectivity index (χ4n) is 2.73. The van der Waals surface area contributed by atoms with Crippen LogP contribution in [-0.4, -0.2) is 17.1 Å². The van der Waals surface area contributed by atoms with Crippen molar-refractivity contribution < 1.29 is 9.21 Å². The molecule has 0 aliphatic carbocycles. The predicted molar refractivity (Wildman–Crippen MR) is 110 cm³/mol. The number of rotatable bonds is 3. The zero-order valence-electron chi connectivity index (χ0n) is 14.2. The number of hydrogen-bond donors (Lipinski definition) is 2. The van der Waals surface area contributed by atoms with Crippen LogP contribution in [0.2, 0.25) is 0 Å². The second kappa shape index (κ2) is 7.24. The summed E-state index contributed by atoms with van der Waals surface area (Å²) in [5.41, 5.74) is 2.30. The second-order valence-corrected chi connectivity index (χ2v) is 6.89. The van der Waals surface area contributed by atoms with Gasteiger partial charge in [-0.1, -0.05) is 34.1 Å². The van der Waals surface area contributed by atoms with E-state index in [1.54, 1.807) is 30.3 Å². The van der Waals surface area contributed by atoms with Gasteiger partial charge in [-0.25, -0.2) is 10.2 Å². The van der Waals surface area contributed by atoms with E-state index in [1.807, 2.05) is 18.2 Å². The van der Waals surface area contributed by atoms with Gasteiger partial charge in [0.05, 0.1) is 11.8 Å². The van der Waals surface area contributed by atoms with Crippen LogP contribution in [0.3, 0.4) is 0 Å².